The first-order valence-corrected chi connectivity index (χ1v) is 13.7. The molecule has 7 atom stereocenters. The number of nitrogens with zero attached hydrogens (tertiary/aromatic N) is 1. The number of carboxylic acid groups (broad SMARTS) is 1. The highest BCUT2D eigenvalue weighted by Crippen LogP contribution is 2.65. The van der Waals surface area contributed by atoms with E-state index < -0.39 is 65.3 Å². The number of carboxylic acids is 1. The SMILES string of the molecule is COc1ccc2c3c1O[C@H]1C(OC(=O)[C@H](C)OC(=O)[C@H](OC(C)=O)[C@@H](OC(C)=O)C(=O)O)=CC[C@@]4(O)[C@H](C2)N(C)CC[C@]314. The van der Waals surface area contributed by atoms with Gasteiger partial charge >= 0.3 is 29.8 Å². The van der Waals surface area contributed by atoms with Crippen LogP contribution in [0, 0.1) is 0 Å². The Kier molecular flexibility index (Phi) is 7.63. The van der Waals surface area contributed by atoms with Gasteiger partial charge in [-0.3, -0.25) is 9.59 Å². The molecule has 2 bridgehead atoms. The molecular formula is C29H33NO13. The van der Waals surface area contributed by atoms with Crippen LogP contribution in [0.5, 0.6) is 11.5 Å². The largest absolute Gasteiger partial charge is 0.493 e. The van der Waals surface area contributed by atoms with Crippen LogP contribution >= 0.6 is 0 Å². The average molecular weight is 604 g/mol. The number of methoxy groups -OCH3 is 1. The molecule has 1 aromatic rings. The Labute approximate surface area is 246 Å². The quantitative estimate of drug-likeness (QED) is 0.292. The van der Waals surface area contributed by atoms with Crippen molar-refractivity contribution in [2.24, 2.45) is 0 Å². The molecule has 14 nitrogen and oxygen atoms in total. The van der Waals surface area contributed by atoms with Crippen LogP contribution in [-0.4, -0.2) is 102 Å². The van der Waals surface area contributed by atoms with Crippen LogP contribution in [0.1, 0.15) is 44.7 Å². The summed E-state index contributed by atoms with van der Waals surface area (Å²) in [6, 6.07) is 3.55. The normalized spacial score (nSPS) is 28.6. The van der Waals surface area contributed by atoms with Crippen LogP contribution in [0.2, 0.25) is 0 Å². The summed E-state index contributed by atoms with van der Waals surface area (Å²) in [7, 11) is 3.48. The number of benzene rings is 1. The number of hydrogen-bond acceptors (Lipinski definition) is 13. The molecule has 1 aromatic carbocycles. The molecule has 5 rings (SSSR count). The first-order valence-electron chi connectivity index (χ1n) is 13.7. The van der Waals surface area contributed by atoms with Crippen molar-refractivity contribution in [3.63, 3.8) is 0 Å². The van der Waals surface area contributed by atoms with Crippen molar-refractivity contribution in [3.05, 3.63) is 35.1 Å². The summed E-state index contributed by atoms with van der Waals surface area (Å²) >= 11 is 0. The van der Waals surface area contributed by atoms with Crippen LogP contribution in [0.3, 0.4) is 0 Å². The number of likely N-dealkylation sites (tertiary alicyclic amines) is 1. The van der Waals surface area contributed by atoms with Crippen molar-refractivity contribution in [2.75, 3.05) is 20.7 Å². The van der Waals surface area contributed by atoms with Gasteiger partial charge in [-0.2, -0.15) is 0 Å². The van der Waals surface area contributed by atoms with Crippen molar-refractivity contribution in [1.82, 2.24) is 4.90 Å². The molecular weight excluding hydrogens is 570 g/mol. The number of esters is 4. The van der Waals surface area contributed by atoms with Crippen molar-refractivity contribution < 1.29 is 62.6 Å². The smallest absolute Gasteiger partial charge is 0.352 e. The highest BCUT2D eigenvalue weighted by molar-refractivity contribution is 5.89. The van der Waals surface area contributed by atoms with E-state index in [0.29, 0.717) is 30.9 Å². The summed E-state index contributed by atoms with van der Waals surface area (Å²) < 4.78 is 32.2. The average Bonchev–Trinajstić information content (AvgIpc) is 3.29. The van der Waals surface area contributed by atoms with E-state index in [2.05, 4.69) is 9.64 Å². The predicted molar refractivity (Wildman–Crippen MR) is 142 cm³/mol. The highest BCUT2D eigenvalue weighted by Gasteiger charge is 2.72. The molecule has 1 saturated heterocycles. The molecule has 232 valence electrons. The zero-order valence-electron chi connectivity index (χ0n) is 24.3. The predicted octanol–water partition coefficient (Wildman–Crippen LogP) is 0.396. The zero-order chi connectivity index (χ0) is 31.4. The Hall–Kier alpha value is -4.17. The summed E-state index contributed by atoms with van der Waals surface area (Å²) in [6.07, 6.45) is -4.05. The van der Waals surface area contributed by atoms with Gasteiger partial charge in [0.2, 0.25) is 12.2 Å². The van der Waals surface area contributed by atoms with E-state index in [4.69, 9.17) is 23.7 Å². The maximum absolute atomic E-state index is 13.2. The molecule has 43 heavy (non-hydrogen) atoms. The van der Waals surface area contributed by atoms with Gasteiger partial charge in [-0.25, -0.2) is 14.4 Å². The number of ether oxygens (including phenoxy) is 6. The lowest BCUT2D eigenvalue weighted by molar-refractivity contribution is -0.193. The number of aliphatic hydroxyl groups is 1. The Bertz CT molecular complexity index is 1420. The van der Waals surface area contributed by atoms with E-state index in [1.807, 2.05) is 13.1 Å². The molecule has 0 amide bonds. The van der Waals surface area contributed by atoms with Crippen molar-refractivity contribution in [3.8, 4) is 11.5 Å². The summed E-state index contributed by atoms with van der Waals surface area (Å²) in [6.45, 7) is 3.66. The lowest BCUT2D eigenvalue weighted by Gasteiger charge is -2.61. The van der Waals surface area contributed by atoms with Crippen LogP contribution < -0.4 is 9.47 Å². The van der Waals surface area contributed by atoms with Gasteiger partial charge in [-0.15, -0.1) is 0 Å². The number of carbonyl (C=O) groups excluding carboxylic acids is 4. The molecule has 1 spiro atoms. The standard InChI is InChI=1S/C29H33NO13/c1-13(39-27(36)23(41-15(3)32)22(25(33)34)40-14(2)31)26(35)42-18-8-9-29(37)19-12-16-6-7-17(38-5)21-20(16)28(29,24(18)43-21)10-11-30(19)4/h6-8,13,19,22-24,37H,9-12H2,1-5H3,(H,33,34)/t13-,19-,22+,23+,24-,28-,29+/m0/s1. The third-order valence-corrected chi connectivity index (χ3v) is 8.74. The van der Waals surface area contributed by atoms with E-state index >= 15 is 0 Å². The second kappa shape index (κ2) is 10.8. The topological polar surface area (TPSA) is 184 Å². The molecule has 4 aliphatic rings. The monoisotopic (exact) mass is 603 g/mol. The van der Waals surface area contributed by atoms with Crippen molar-refractivity contribution >= 4 is 29.8 Å². The Morgan fingerprint density at radius 2 is 1.72 bits per heavy atom. The number of likely N-dealkylation sites (N-methyl/N-ethyl adjacent to an activating group) is 1. The molecule has 14 heteroatoms. The minimum atomic E-state index is -2.21. The Morgan fingerprint density at radius 1 is 1.05 bits per heavy atom. The van der Waals surface area contributed by atoms with Gasteiger partial charge < -0.3 is 43.5 Å². The van der Waals surface area contributed by atoms with E-state index in [1.165, 1.54) is 14.0 Å². The summed E-state index contributed by atoms with van der Waals surface area (Å²) in [5.74, 6) is -5.28. The van der Waals surface area contributed by atoms with Crippen LogP contribution in [0.25, 0.3) is 0 Å². The molecule has 2 aliphatic heterocycles. The molecule has 2 N–H and O–H groups in total. The number of piperidine rings is 1. The molecule has 0 saturated carbocycles. The zero-order valence-corrected chi connectivity index (χ0v) is 24.3. The van der Waals surface area contributed by atoms with Gasteiger partial charge in [0.05, 0.1) is 18.1 Å². The van der Waals surface area contributed by atoms with E-state index in [0.717, 1.165) is 25.0 Å². The lowest BCUT2D eigenvalue weighted by atomic mass is 9.50. The minimum absolute atomic E-state index is 0.117. The van der Waals surface area contributed by atoms with Crippen LogP contribution in [0.4, 0.5) is 0 Å². The highest BCUT2D eigenvalue weighted by atomic mass is 16.6. The van der Waals surface area contributed by atoms with Crippen molar-refractivity contribution in [1.29, 1.82) is 0 Å². The fourth-order valence-electron chi connectivity index (χ4n) is 6.91. The van der Waals surface area contributed by atoms with Crippen LogP contribution in [0.15, 0.2) is 24.0 Å². The second-order valence-corrected chi connectivity index (χ2v) is 11.2. The Balaban J connectivity index is 1.40. The summed E-state index contributed by atoms with van der Waals surface area (Å²) in [5.41, 5.74) is -0.334. The maximum Gasteiger partial charge on any atom is 0.352 e. The molecule has 1 fully saturated rings. The van der Waals surface area contributed by atoms with Gasteiger partial charge in [-0.1, -0.05) is 6.07 Å². The summed E-state index contributed by atoms with van der Waals surface area (Å²) in [4.78, 5) is 62.8. The molecule has 2 aliphatic carbocycles. The number of carbonyl (C=O) groups is 5. The van der Waals surface area contributed by atoms with Gasteiger partial charge in [0.1, 0.15) is 5.76 Å². The third-order valence-electron chi connectivity index (χ3n) is 8.74. The first kappa shape index (κ1) is 30.3. The van der Waals surface area contributed by atoms with Gasteiger partial charge in [0, 0.05) is 31.9 Å². The lowest BCUT2D eigenvalue weighted by Crippen LogP contribution is -2.74. The molecule has 2 heterocycles. The minimum Gasteiger partial charge on any atom is -0.493 e. The first-order chi connectivity index (χ1) is 20.2. The fourth-order valence-corrected chi connectivity index (χ4v) is 6.91. The van der Waals surface area contributed by atoms with Crippen LogP contribution in [-0.2, 0) is 54.8 Å². The van der Waals surface area contributed by atoms with Gasteiger partial charge in [-0.05, 0) is 51.1 Å². The Morgan fingerprint density at radius 3 is 2.35 bits per heavy atom. The van der Waals surface area contributed by atoms with Gasteiger partial charge in [0.15, 0.2) is 23.7 Å². The molecule has 0 radical (unpaired) electrons. The number of rotatable bonds is 9. The fraction of sp³-hybridized carbons (Fsp3) is 0.552. The van der Waals surface area contributed by atoms with E-state index in [9.17, 15) is 34.2 Å². The van der Waals surface area contributed by atoms with E-state index in [1.54, 1.807) is 12.1 Å². The second-order valence-electron chi connectivity index (χ2n) is 11.2. The summed E-state index contributed by atoms with van der Waals surface area (Å²) in [5, 5.41) is 21.7. The molecule has 0 aromatic heterocycles. The maximum atomic E-state index is 13.2. The number of aliphatic carboxylic acids is 1. The third kappa shape index (κ3) is 4.68. The van der Waals surface area contributed by atoms with Gasteiger partial charge in [0.25, 0.3) is 0 Å². The van der Waals surface area contributed by atoms with Crippen molar-refractivity contribution in [2.45, 2.75) is 81.5 Å². The van der Waals surface area contributed by atoms with E-state index in [-0.39, 0.29) is 18.2 Å². The number of hydrogen-bond donors (Lipinski definition) is 2. The molecule has 0 unspecified atom stereocenters.